The number of aliphatic hydroxyl groups is 1. The molecule has 0 unspecified atom stereocenters. The number of hydrogen-bond acceptors (Lipinski definition) is 11. The Kier molecular flexibility index (Phi) is 6.23. The van der Waals surface area contributed by atoms with Gasteiger partial charge < -0.3 is 20.3 Å². The third-order valence-electron chi connectivity index (χ3n) is 11.1. The fourth-order valence-corrected chi connectivity index (χ4v) is 10.0. The summed E-state index contributed by atoms with van der Waals surface area (Å²) in [6.45, 7) is 3.28. The standard InChI is InChI=1S/C33H36N10O2S/c1-17(22-7-5-13-41(22)2)43-32-21(15-36-43)31(42-16-18-9-10-23(44)26(18)39-42)37-30(38-32)27-19-6-3-11-33(28(19)45-40-27)12-4-8-24-25(33)20(14-34)29(35)46-24/h15-17,22-23,44H,3-13,35H2,1-2H3/t17-,22-,23+,33-/m0/s1. The van der Waals surface area contributed by atoms with Gasteiger partial charge in [-0.15, -0.1) is 11.3 Å². The van der Waals surface area contributed by atoms with Crippen molar-refractivity contribution in [3.8, 4) is 23.4 Å². The highest BCUT2D eigenvalue weighted by Crippen LogP contribution is 2.55. The molecule has 0 aromatic carbocycles. The molecule has 46 heavy (non-hydrogen) atoms. The fraction of sp³-hybridized carbons (Fsp3) is 0.515. The van der Waals surface area contributed by atoms with Crippen LogP contribution in [0.4, 0.5) is 5.00 Å². The lowest BCUT2D eigenvalue weighted by Crippen LogP contribution is -2.35. The second kappa shape index (κ2) is 10.2. The van der Waals surface area contributed by atoms with E-state index in [9.17, 15) is 10.4 Å². The minimum absolute atomic E-state index is 0.0913. The molecule has 9 rings (SSSR count). The molecule has 0 amide bonds. The number of aliphatic hydroxyl groups excluding tert-OH is 1. The predicted molar refractivity (Wildman–Crippen MR) is 172 cm³/mol. The largest absolute Gasteiger partial charge is 0.389 e. The number of nitrogen functional groups attached to an aromatic ring is 1. The predicted octanol–water partition coefficient (Wildman–Crippen LogP) is 4.78. The summed E-state index contributed by atoms with van der Waals surface area (Å²) in [5, 5.41) is 36.4. The number of aryl methyl sites for hydroxylation is 2. The first-order chi connectivity index (χ1) is 22.4. The summed E-state index contributed by atoms with van der Waals surface area (Å²) in [6, 6.07) is 2.85. The summed E-state index contributed by atoms with van der Waals surface area (Å²) in [7, 11) is 2.18. The van der Waals surface area contributed by atoms with Gasteiger partial charge >= 0.3 is 0 Å². The zero-order valence-electron chi connectivity index (χ0n) is 26.0. The average molecular weight is 637 g/mol. The number of aromatic nitrogens is 7. The Labute approximate surface area is 269 Å². The Morgan fingerprint density at radius 3 is 2.80 bits per heavy atom. The van der Waals surface area contributed by atoms with Crippen LogP contribution in [0.25, 0.3) is 28.4 Å². The monoisotopic (exact) mass is 636 g/mol. The summed E-state index contributed by atoms with van der Waals surface area (Å²) >= 11 is 1.54. The second-order valence-corrected chi connectivity index (χ2v) is 14.7. The summed E-state index contributed by atoms with van der Waals surface area (Å²) in [5.41, 5.74) is 11.7. The normalized spacial score (nSPS) is 24.7. The van der Waals surface area contributed by atoms with E-state index in [4.69, 9.17) is 30.4 Å². The first-order valence-electron chi connectivity index (χ1n) is 16.4. The van der Waals surface area contributed by atoms with Crippen molar-refractivity contribution in [1.82, 2.24) is 39.6 Å². The highest BCUT2D eigenvalue weighted by atomic mass is 32.1. The molecule has 0 bridgehead atoms. The average Bonchev–Trinajstić information content (AvgIpc) is 3.89. The molecule has 5 aromatic heterocycles. The number of rotatable bonds is 4. The van der Waals surface area contributed by atoms with Gasteiger partial charge in [0, 0.05) is 22.7 Å². The first-order valence-corrected chi connectivity index (χ1v) is 17.2. The third kappa shape index (κ3) is 3.87. The van der Waals surface area contributed by atoms with Crippen LogP contribution < -0.4 is 5.73 Å². The number of nitrogens with zero attached hydrogens (tertiary/aromatic N) is 9. The van der Waals surface area contributed by atoms with Gasteiger partial charge in [0.25, 0.3) is 0 Å². The van der Waals surface area contributed by atoms with E-state index in [0.717, 1.165) is 97.8 Å². The van der Waals surface area contributed by atoms with Crippen LogP contribution in [0.1, 0.15) is 103 Å². The molecule has 4 aliphatic rings. The van der Waals surface area contributed by atoms with Gasteiger partial charge in [-0.25, -0.2) is 19.3 Å². The van der Waals surface area contributed by atoms with Crippen LogP contribution >= 0.6 is 11.3 Å². The van der Waals surface area contributed by atoms with E-state index in [1.54, 1.807) is 16.0 Å². The van der Waals surface area contributed by atoms with Gasteiger partial charge in [0.2, 0.25) is 0 Å². The van der Waals surface area contributed by atoms with Gasteiger partial charge in [-0.2, -0.15) is 15.5 Å². The third-order valence-corrected chi connectivity index (χ3v) is 12.1. The van der Waals surface area contributed by atoms with E-state index in [2.05, 4.69) is 30.1 Å². The first kappa shape index (κ1) is 28.1. The second-order valence-electron chi connectivity index (χ2n) is 13.5. The van der Waals surface area contributed by atoms with Crippen molar-refractivity contribution < 1.29 is 9.63 Å². The van der Waals surface area contributed by atoms with E-state index >= 15 is 0 Å². The zero-order chi connectivity index (χ0) is 31.3. The van der Waals surface area contributed by atoms with Crippen molar-refractivity contribution in [3.05, 3.63) is 51.0 Å². The Bertz CT molecular complexity index is 2060. The molecule has 1 saturated heterocycles. The number of thiophene rings is 1. The molecule has 1 fully saturated rings. The minimum Gasteiger partial charge on any atom is -0.389 e. The summed E-state index contributed by atoms with van der Waals surface area (Å²) < 4.78 is 10.1. The number of nitriles is 1. The van der Waals surface area contributed by atoms with Crippen molar-refractivity contribution in [3.63, 3.8) is 0 Å². The van der Waals surface area contributed by atoms with E-state index in [0.29, 0.717) is 46.1 Å². The Morgan fingerprint density at radius 1 is 1.17 bits per heavy atom. The molecule has 1 spiro atoms. The summed E-state index contributed by atoms with van der Waals surface area (Å²) in [5.74, 6) is 1.90. The van der Waals surface area contributed by atoms with Gasteiger partial charge in [0.1, 0.15) is 11.1 Å². The molecule has 236 valence electrons. The lowest BCUT2D eigenvalue weighted by atomic mass is 9.63. The fourth-order valence-electron chi connectivity index (χ4n) is 8.85. The highest BCUT2D eigenvalue weighted by molar-refractivity contribution is 7.16. The molecule has 6 heterocycles. The van der Waals surface area contributed by atoms with Crippen molar-refractivity contribution in [2.24, 2.45) is 0 Å². The van der Waals surface area contributed by atoms with Gasteiger partial charge in [0.15, 0.2) is 28.7 Å². The van der Waals surface area contributed by atoms with Gasteiger partial charge in [0.05, 0.1) is 40.4 Å². The Morgan fingerprint density at radius 2 is 2.02 bits per heavy atom. The highest BCUT2D eigenvalue weighted by Gasteiger charge is 2.49. The number of hydrogen-bond donors (Lipinski definition) is 2. The molecule has 3 aliphatic carbocycles. The molecule has 1 aliphatic heterocycles. The van der Waals surface area contributed by atoms with Crippen molar-refractivity contribution >= 4 is 27.4 Å². The van der Waals surface area contributed by atoms with E-state index < -0.39 is 11.5 Å². The van der Waals surface area contributed by atoms with Crippen LogP contribution in [0.15, 0.2) is 16.9 Å². The molecule has 12 nitrogen and oxygen atoms in total. The number of anilines is 1. The Balaban J connectivity index is 1.23. The van der Waals surface area contributed by atoms with Crippen molar-refractivity contribution in [2.75, 3.05) is 19.3 Å². The lowest BCUT2D eigenvalue weighted by molar-refractivity contribution is 0.174. The number of fused-ring (bicyclic) bond motifs is 6. The van der Waals surface area contributed by atoms with Crippen LogP contribution in [0, 0.1) is 11.3 Å². The molecule has 13 heteroatoms. The number of likely N-dealkylation sites (tertiary alicyclic amines) is 1. The number of nitrogens with two attached hydrogens (primary N) is 1. The van der Waals surface area contributed by atoms with E-state index in [1.807, 2.05) is 17.1 Å². The zero-order valence-corrected chi connectivity index (χ0v) is 26.8. The topological polar surface area (TPSA) is 161 Å². The van der Waals surface area contributed by atoms with Crippen LogP contribution in [0.3, 0.4) is 0 Å². The maximum absolute atomic E-state index is 10.6. The lowest BCUT2D eigenvalue weighted by Gasteiger charge is -2.39. The van der Waals surface area contributed by atoms with Crippen LogP contribution in [0.2, 0.25) is 0 Å². The smallest absolute Gasteiger partial charge is 0.186 e. The molecule has 0 saturated carbocycles. The summed E-state index contributed by atoms with van der Waals surface area (Å²) in [6.07, 6.45) is 12.4. The maximum atomic E-state index is 10.6. The van der Waals surface area contributed by atoms with E-state index in [1.165, 1.54) is 4.88 Å². The Hall–Kier alpha value is -4.12. The minimum atomic E-state index is -0.572. The van der Waals surface area contributed by atoms with Gasteiger partial charge in [-0.3, -0.25) is 0 Å². The number of likely N-dealkylation sites (N-methyl/N-ethyl adjacent to an activating group) is 1. The molecule has 4 atom stereocenters. The van der Waals surface area contributed by atoms with Crippen LogP contribution in [-0.4, -0.2) is 64.3 Å². The summed E-state index contributed by atoms with van der Waals surface area (Å²) in [4.78, 5) is 13.9. The molecule has 5 aromatic rings. The van der Waals surface area contributed by atoms with Crippen LogP contribution in [0.5, 0.6) is 0 Å². The molecule has 3 N–H and O–H groups in total. The van der Waals surface area contributed by atoms with E-state index in [-0.39, 0.29) is 6.04 Å². The molecular weight excluding hydrogens is 600 g/mol. The van der Waals surface area contributed by atoms with Crippen molar-refractivity contribution in [1.29, 1.82) is 5.26 Å². The quantitative estimate of drug-likeness (QED) is 0.281. The molecule has 0 radical (unpaired) electrons. The van der Waals surface area contributed by atoms with Gasteiger partial charge in [-0.1, -0.05) is 5.16 Å². The van der Waals surface area contributed by atoms with Crippen LogP contribution in [-0.2, 0) is 24.7 Å². The van der Waals surface area contributed by atoms with Crippen molar-refractivity contribution in [2.45, 2.75) is 94.7 Å². The maximum Gasteiger partial charge on any atom is 0.186 e. The molecular formula is C33H36N10O2S. The SMILES string of the molecule is C[C@@H]([C@@H]1CCCN1C)n1ncc2c(-n3cc4c(n3)[C@H](O)CC4)nc(-c3noc4c3CCC[C@@]43CCCc4sc(N)c(C#N)c43)nc21. The van der Waals surface area contributed by atoms with Gasteiger partial charge in [-0.05, 0) is 95.9 Å².